The van der Waals surface area contributed by atoms with E-state index in [0.717, 1.165) is 18.7 Å². The summed E-state index contributed by atoms with van der Waals surface area (Å²) >= 11 is 0. The van der Waals surface area contributed by atoms with Crippen LogP contribution in [0.4, 0.5) is 10.6 Å². The maximum Gasteiger partial charge on any atom is 0.321 e. The van der Waals surface area contributed by atoms with Crippen LogP contribution in [0.3, 0.4) is 0 Å². The summed E-state index contributed by atoms with van der Waals surface area (Å²) in [6.07, 6.45) is 1.60. The molecule has 120 valence electrons. The lowest BCUT2D eigenvalue weighted by molar-refractivity contribution is 0.243. The van der Waals surface area contributed by atoms with Crippen molar-refractivity contribution in [2.45, 2.75) is 53.1 Å². The van der Waals surface area contributed by atoms with E-state index in [2.05, 4.69) is 32.8 Å². The summed E-state index contributed by atoms with van der Waals surface area (Å²) in [5, 5.41) is 13.7. The van der Waals surface area contributed by atoms with Gasteiger partial charge in [0.25, 0.3) is 0 Å². The number of nitrogens with zero attached hydrogens (tertiary/aromatic N) is 4. The molecule has 2 amide bonds. The van der Waals surface area contributed by atoms with Crippen molar-refractivity contribution < 1.29 is 9.32 Å². The van der Waals surface area contributed by atoms with Gasteiger partial charge in [-0.05, 0) is 26.7 Å². The van der Waals surface area contributed by atoms with Crippen molar-refractivity contribution in [2.75, 3.05) is 5.32 Å². The molecule has 0 aliphatic rings. The van der Waals surface area contributed by atoms with Crippen LogP contribution in [0.5, 0.6) is 0 Å². The number of aryl methyl sites for hydroxylation is 3. The smallest absolute Gasteiger partial charge is 0.321 e. The fourth-order valence-electron chi connectivity index (χ4n) is 2.13. The molecule has 0 bridgehead atoms. The van der Waals surface area contributed by atoms with Crippen LogP contribution in [-0.4, -0.2) is 26.0 Å². The summed E-state index contributed by atoms with van der Waals surface area (Å²) in [5.74, 6) is 1.63. The van der Waals surface area contributed by atoms with E-state index in [1.165, 1.54) is 0 Å². The Morgan fingerprint density at radius 3 is 2.77 bits per heavy atom. The average Bonchev–Trinajstić information content (AvgIpc) is 3.03. The molecule has 8 heteroatoms. The normalized spacial score (nSPS) is 12.2. The van der Waals surface area contributed by atoms with Gasteiger partial charge in [-0.3, -0.25) is 5.32 Å². The maximum atomic E-state index is 12.2. The van der Waals surface area contributed by atoms with Gasteiger partial charge in [-0.1, -0.05) is 19.0 Å². The number of amides is 2. The summed E-state index contributed by atoms with van der Waals surface area (Å²) in [7, 11) is 0. The number of anilines is 1. The third kappa shape index (κ3) is 3.84. The highest BCUT2D eigenvalue weighted by molar-refractivity contribution is 5.88. The van der Waals surface area contributed by atoms with Gasteiger partial charge in [-0.2, -0.15) is 10.1 Å². The van der Waals surface area contributed by atoms with Crippen LogP contribution >= 0.6 is 0 Å². The molecule has 0 fully saturated rings. The second-order valence-electron chi connectivity index (χ2n) is 5.13. The molecule has 22 heavy (non-hydrogen) atoms. The van der Waals surface area contributed by atoms with Crippen LogP contribution in [0.1, 0.15) is 50.1 Å². The van der Waals surface area contributed by atoms with Crippen molar-refractivity contribution in [3.63, 3.8) is 0 Å². The quantitative estimate of drug-likeness (QED) is 0.854. The monoisotopic (exact) mass is 306 g/mol. The Morgan fingerprint density at radius 1 is 1.41 bits per heavy atom. The van der Waals surface area contributed by atoms with Gasteiger partial charge >= 0.3 is 6.03 Å². The van der Waals surface area contributed by atoms with Gasteiger partial charge in [0.1, 0.15) is 11.9 Å². The SMILES string of the molecule is CCCn1nc(C)cc1NC(=O)N[C@H](CC)c1nc(C)no1. The van der Waals surface area contributed by atoms with Gasteiger partial charge < -0.3 is 9.84 Å². The van der Waals surface area contributed by atoms with Gasteiger partial charge in [0.05, 0.1) is 5.69 Å². The van der Waals surface area contributed by atoms with E-state index in [1.54, 1.807) is 11.6 Å². The Morgan fingerprint density at radius 2 is 2.18 bits per heavy atom. The third-order valence-corrected chi connectivity index (χ3v) is 3.13. The van der Waals surface area contributed by atoms with Crippen LogP contribution < -0.4 is 10.6 Å². The molecule has 0 unspecified atom stereocenters. The van der Waals surface area contributed by atoms with Crippen molar-refractivity contribution in [1.82, 2.24) is 25.2 Å². The van der Waals surface area contributed by atoms with Crippen LogP contribution in [0.25, 0.3) is 0 Å². The van der Waals surface area contributed by atoms with Gasteiger partial charge in [0, 0.05) is 12.6 Å². The van der Waals surface area contributed by atoms with E-state index in [1.807, 2.05) is 19.9 Å². The molecule has 2 N–H and O–H groups in total. The summed E-state index contributed by atoms with van der Waals surface area (Å²) in [5.41, 5.74) is 0.864. The Bertz CT molecular complexity index is 633. The van der Waals surface area contributed by atoms with Crippen molar-refractivity contribution in [3.05, 3.63) is 23.5 Å². The van der Waals surface area contributed by atoms with E-state index < -0.39 is 0 Å². The zero-order valence-corrected chi connectivity index (χ0v) is 13.4. The highest BCUT2D eigenvalue weighted by Gasteiger charge is 2.19. The second kappa shape index (κ2) is 7.06. The topological polar surface area (TPSA) is 97.9 Å². The number of carbonyl (C=O) groups is 1. The molecule has 0 saturated heterocycles. The molecular formula is C14H22N6O2. The minimum absolute atomic E-state index is 0.315. The summed E-state index contributed by atoms with van der Waals surface area (Å²) in [6, 6.07) is 1.21. The Hall–Kier alpha value is -2.38. The lowest BCUT2D eigenvalue weighted by Gasteiger charge is -2.14. The number of hydrogen-bond acceptors (Lipinski definition) is 5. The standard InChI is InChI=1S/C14H22N6O2/c1-5-7-20-12(8-9(3)18-20)17-14(21)16-11(6-2)13-15-10(4)19-22-13/h8,11H,5-7H2,1-4H3,(H2,16,17,21)/t11-/m1/s1. The number of nitrogens with one attached hydrogen (secondary N) is 2. The number of rotatable bonds is 6. The van der Waals surface area contributed by atoms with Crippen molar-refractivity contribution >= 4 is 11.8 Å². The lowest BCUT2D eigenvalue weighted by atomic mass is 10.2. The summed E-state index contributed by atoms with van der Waals surface area (Å²) < 4.78 is 6.90. The predicted molar refractivity (Wildman–Crippen MR) is 81.5 cm³/mol. The van der Waals surface area contributed by atoms with Crippen LogP contribution in [0, 0.1) is 13.8 Å². The van der Waals surface area contributed by atoms with Crippen LogP contribution in [-0.2, 0) is 6.54 Å². The first-order valence-corrected chi connectivity index (χ1v) is 7.45. The lowest BCUT2D eigenvalue weighted by Crippen LogP contribution is -2.33. The number of hydrogen-bond donors (Lipinski definition) is 2. The molecule has 1 atom stereocenters. The molecule has 2 aromatic rings. The minimum atomic E-state index is -0.319. The van der Waals surface area contributed by atoms with E-state index in [0.29, 0.717) is 24.0 Å². The maximum absolute atomic E-state index is 12.2. The first kappa shape index (κ1) is 16.0. The van der Waals surface area contributed by atoms with E-state index in [4.69, 9.17) is 4.52 Å². The molecule has 0 aliphatic carbocycles. The third-order valence-electron chi connectivity index (χ3n) is 3.13. The predicted octanol–water partition coefficient (Wildman–Crippen LogP) is 2.57. The first-order valence-electron chi connectivity index (χ1n) is 7.45. The van der Waals surface area contributed by atoms with E-state index in [-0.39, 0.29) is 12.1 Å². The van der Waals surface area contributed by atoms with E-state index >= 15 is 0 Å². The van der Waals surface area contributed by atoms with Crippen molar-refractivity contribution in [1.29, 1.82) is 0 Å². The van der Waals surface area contributed by atoms with Gasteiger partial charge in [0.15, 0.2) is 5.82 Å². The molecule has 8 nitrogen and oxygen atoms in total. The molecule has 0 saturated carbocycles. The zero-order valence-electron chi connectivity index (χ0n) is 13.4. The summed E-state index contributed by atoms with van der Waals surface area (Å²) in [4.78, 5) is 16.3. The Labute approximate surface area is 129 Å². The van der Waals surface area contributed by atoms with E-state index in [9.17, 15) is 4.79 Å². The molecule has 2 aromatic heterocycles. The molecule has 0 aliphatic heterocycles. The number of urea groups is 1. The van der Waals surface area contributed by atoms with Crippen LogP contribution in [0.2, 0.25) is 0 Å². The number of carbonyl (C=O) groups excluding carboxylic acids is 1. The molecule has 2 heterocycles. The van der Waals surface area contributed by atoms with Gasteiger partial charge in [0.2, 0.25) is 5.89 Å². The molecule has 0 aromatic carbocycles. The van der Waals surface area contributed by atoms with Gasteiger partial charge in [-0.25, -0.2) is 9.48 Å². The van der Waals surface area contributed by atoms with Gasteiger partial charge in [-0.15, -0.1) is 0 Å². The average molecular weight is 306 g/mol. The molecule has 2 rings (SSSR count). The Balaban J connectivity index is 2.02. The van der Waals surface area contributed by atoms with Crippen LogP contribution in [0.15, 0.2) is 10.6 Å². The summed E-state index contributed by atoms with van der Waals surface area (Å²) in [6.45, 7) is 8.39. The van der Waals surface area contributed by atoms with Crippen molar-refractivity contribution in [3.8, 4) is 0 Å². The fourth-order valence-corrected chi connectivity index (χ4v) is 2.13. The molecular weight excluding hydrogens is 284 g/mol. The number of aromatic nitrogens is 4. The Kier molecular flexibility index (Phi) is 5.13. The highest BCUT2D eigenvalue weighted by Crippen LogP contribution is 2.15. The zero-order chi connectivity index (χ0) is 16.1. The van der Waals surface area contributed by atoms with Crippen molar-refractivity contribution in [2.24, 2.45) is 0 Å². The highest BCUT2D eigenvalue weighted by atomic mass is 16.5. The largest absolute Gasteiger partial charge is 0.337 e. The molecule has 0 spiro atoms. The minimum Gasteiger partial charge on any atom is -0.337 e. The second-order valence-corrected chi connectivity index (χ2v) is 5.13. The first-order chi connectivity index (χ1) is 10.5. The molecule has 0 radical (unpaired) electrons. The fraction of sp³-hybridized carbons (Fsp3) is 0.571.